The molecule has 1 aliphatic heterocycles. The van der Waals surface area contributed by atoms with E-state index < -0.39 is 10.0 Å². The first kappa shape index (κ1) is 20.7. The fourth-order valence-corrected chi connectivity index (χ4v) is 4.93. The topological polar surface area (TPSA) is 109 Å². The molecule has 9 heteroatoms. The molecule has 0 atom stereocenters. The van der Waals surface area contributed by atoms with Crippen LogP contribution in [0.25, 0.3) is 0 Å². The fourth-order valence-electron chi connectivity index (χ4n) is 3.65. The number of nitrogens with zero attached hydrogens (tertiary/aromatic N) is 1. The van der Waals surface area contributed by atoms with Gasteiger partial charge in [-0.05, 0) is 73.0 Å². The van der Waals surface area contributed by atoms with Crippen LogP contribution in [0.2, 0.25) is 0 Å². The molecule has 31 heavy (non-hydrogen) atoms. The summed E-state index contributed by atoms with van der Waals surface area (Å²) >= 11 is 0. The number of aryl methyl sites for hydroxylation is 1. The molecular formula is C22H21N3O5S. The Morgan fingerprint density at radius 3 is 2.52 bits per heavy atom. The summed E-state index contributed by atoms with van der Waals surface area (Å²) in [6.07, 6.45) is 2.06. The molecule has 2 N–H and O–H groups in total. The first-order chi connectivity index (χ1) is 14.7. The predicted molar refractivity (Wildman–Crippen MR) is 117 cm³/mol. The quantitative estimate of drug-likeness (QED) is 0.632. The summed E-state index contributed by atoms with van der Waals surface area (Å²) in [7, 11) is -3.83. The number of anilines is 3. The van der Waals surface area contributed by atoms with Gasteiger partial charge >= 0.3 is 0 Å². The van der Waals surface area contributed by atoms with Crippen LogP contribution in [0.1, 0.15) is 28.6 Å². The largest absolute Gasteiger partial charge is 0.459 e. The molecule has 160 valence electrons. The second-order valence-corrected chi connectivity index (χ2v) is 8.95. The van der Waals surface area contributed by atoms with Crippen LogP contribution < -0.4 is 14.9 Å². The molecular weight excluding hydrogens is 418 g/mol. The highest BCUT2D eigenvalue weighted by atomic mass is 32.2. The number of hydrogen-bond acceptors (Lipinski definition) is 5. The smallest absolute Gasteiger partial charge is 0.293 e. The van der Waals surface area contributed by atoms with Crippen LogP contribution in [0, 0.1) is 6.92 Å². The Hall–Kier alpha value is -3.59. The maximum absolute atomic E-state index is 12.9. The van der Waals surface area contributed by atoms with Gasteiger partial charge in [0.2, 0.25) is 5.91 Å². The highest BCUT2D eigenvalue weighted by molar-refractivity contribution is 7.92. The van der Waals surface area contributed by atoms with E-state index in [1.165, 1.54) is 19.3 Å². The Balaban J connectivity index is 1.55. The number of carbonyl (C=O) groups excluding carboxylic acids is 2. The third kappa shape index (κ3) is 4.17. The van der Waals surface area contributed by atoms with Gasteiger partial charge in [0.1, 0.15) is 0 Å². The van der Waals surface area contributed by atoms with Crippen LogP contribution in [-0.4, -0.2) is 26.8 Å². The van der Waals surface area contributed by atoms with Crippen molar-refractivity contribution >= 4 is 38.9 Å². The molecule has 2 aromatic carbocycles. The minimum Gasteiger partial charge on any atom is -0.459 e. The van der Waals surface area contributed by atoms with E-state index in [-0.39, 0.29) is 22.5 Å². The van der Waals surface area contributed by atoms with Crippen molar-refractivity contribution in [2.24, 2.45) is 0 Å². The Labute approximate surface area is 179 Å². The summed E-state index contributed by atoms with van der Waals surface area (Å²) in [6, 6.07) is 13.0. The molecule has 0 spiro atoms. The van der Waals surface area contributed by atoms with E-state index in [0.717, 1.165) is 11.3 Å². The summed E-state index contributed by atoms with van der Waals surface area (Å²) in [4.78, 5) is 25.5. The lowest BCUT2D eigenvalue weighted by Crippen LogP contribution is -2.28. The monoisotopic (exact) mass is 439 g/mol. The average molecular weight is 439 g/mol. The number of nitrogens with one attached hydrogen (secondary N) is 2. The van der Waals surface area contributed by atoms with Crippen molar-refractivity contribution in [1.82, 2.24) is 0 Å². The number of rotatable bonds is 5. The van der Waals surface area contributed by atoms with Gasteiger partial charge in [-0.15, -0.1) is 0 Å². The SMILES string of the molecule is CC(=O)Nc1ccc(S(=O)(=O)Nc2ccc3c(c2)CCN3C(=O)c2ccco2)c(C)c1. The Morgan fingerprint density at radius 2 is 1.84 bits per heavy atom. The number of amides is 2. The van der Waals surface area contributed by atoms with E-state index >= 15 is 0 Å². The summed E-state index contributed by atoms with van der Waals surface area (Å²) in [5.74, 6) is -0.200. The number of hydrogen-bond donors (Lipinski definition) is 2. The van der Waals surface area contributed by atoms with Crippen molar-refractivity contribution in [3.8, 4) is 0 Å². The number of furan rings is 1. The molecule has 0 bridgehead atoms. The highest BCUT2D eigenvalue weighted by Crippen LogP contribution is 2.32. The molecule has 1 aliphatic rings. The van der Waals surface area contributed by atoms with Crippen molar-refractivity contribution in [2.75, 3.05) is 21.5 Å². The standard InChI is InChI=1S/C22H21N3O5S/c1-14-12-17(23-15(2)26)6-8-21(14)31(28,29)24-18-5-7-19-16(13-18)9-10-25(19)22(27)20-4-3-11-30-20/h3-8,11-13,24H,9-10H2,1-2H3,(H,23,26). The summed E-state index contributed by atoms with van der Waals surface area (Å²) in [5, 5.41) is 2.63. The number of carbonyl (C=O) groups is 2. The number of benzene rings is 2. The lowest BCUT2D eigenvalue weighted by atomic mass is 10.1. The van der Waals surface area contributed by atoms with Gasteiger partial charge < -0.3 is 14.6 Å². The van der Waals surface area contributed by atoms with Crippen molar-refractivity contribution in [2.45, 2.75) is 25.2 Å². The molecule has 0 radical (unpaired) electrons. The van der Waals surface area contributed by atoms with Gasteiger partial charge in [-0.3, -0.25) is 14.3 Å². The van der Waals surface area contributed by atoms with E-state index in [0.29, 0.717) is 29.9 Å². The third-order valence-electron chi connectivity index (χ3n) is 4.99. The zero-order valence-electron chi connectivity index (χ0n) is 17.0. The van der Waals surface area contributed by atoms with Crippen LogP contribution in [0.5, 0.6) is 0 Å². The number of fused-ring (bicyclic) bond motifs is 1. The second-order valence-electron chi connectivity index (χ2n) is 7.29. The molecule has 0 unspecified atom stereocenters. The molecule has 0 saturated carbocycles. The third-order valence-corrected chi connectivity index (χ3v) is 6.53. The summed E-state index contributed by atoms with van der Waals surface area (Å²) in [5.41, 5.74) is 3.06. The van der Waals surface area contributed by atoms with Crippen molar-refractivity contribution in [1.29, 1.82) is 0 Å². The fraction of sp³-hybridized carbons (Fsp3) is 0.182. The molecule has 3 aromatic rings. The highest BCUT2D eigenvalue weighted by Gasteiger charge is 2.28. The maximum Gasteiger partial charge on any atom is 0.293 e. The van der Waals surface area contributed by atoms with Crippen LogP contribution in [-0.2, 0) is 21.2 Å². The molecule has 2 heterocycles. The van der Waals surface area contributed by atoms with Gasteiger partial charge in [0.15, 0.2) is 5.76 Å². The van der Waals surface area contributed by atoms with Gasteiger partial charge in [0, 0.05) is 30.5 Å². The minimum absolute atomic E-state index is 0.122. The predicted octanol–water partition coefficient (Wildman–Crippen LogP) is 3.55. The van der Waals surface area contributed by atoms with E-state index in [1.54, 1.807) is 54.3 Å². The maximum atomic E-state index is 12.9. The number of sulfonamides is 1. The van der Waals surface area contributed by atoms with E-state index in [9.17, 15) is 18.0 Å². The first-order valence-corrected chi connectivity index (χ1v) is 11.1. The molecule has 0 saturated heterocycles. The van der Waals surface area contributed by atoms with Crippen molar-refractivity contribution in [3.05, 3.63) is 71.7 Å². The van der Waals surface area contributed by atoms with E-state index in [4.69, 9.17) is 4.42 Å². The zero-order valence-corrected chi connectivity index (χ0v) is 17.8. The zero-order chi connectivity index (χ0) is 22.2. The van der Waals surface area contributed by atoms with E-state index in [2.05, 4.69) is 10.0 Å². The molecule has 4 rings (SSSR count). The van der Waals surface area contributed by atoms with Gasteiger partial charge in [-0.1, -0.05) is 0 Å². The Kier molecular flexibility index (Phi) is 5.28. The van der Waals surface area contributed by atoms with Gasteiger partial charge in [0.05, 0.1) is 11.2 Å². The van der Waals surface area contributed by atoms with Gasteiger partial charge in [-0.25, -0.2) is 8.42 Å². The van der Waals surface area contributed by atoms with Crippen molar-refractivity contribution < 1.29 is 22.4 Å². The first-order valence-electron chi connectivity index (χ1n) is 9.64. The van der Waals surface area contributed by atoms with Crippen LogP contribution >= 0.6 is 0 Å². The van der Waals surface area contributed by atoms with E-state index in [1.807, 2.05) is 0 Å². The lowest BCUT2D eigenvalue weighted by molar-refractivity contribution is -0.114. The second kappa shape index (κ2) is 7.92. The molecule has 8 nitrogen and oxygen atoms in total. The molecule has 2 amide bonds. The molecule has 0 aliphatic carbocycles. The van der Waals surface area contributed by atoms with Crippen LogP contribution in [0.4, 0.5) is 17.1 Å². The average Bonchev–Trinajstić information content (AvgIpc) is 3.36. The summed E-state index contributed by atoms with van der Waals surface area (Å²) in [6.45, 7) is 3.55. The normalized spacial score (nSPS) is 13.0. The van der Waals surface area contributed by atoms with Crippen LogP contribution in [0.15, 0.2) is 64.1 Å². The molecule has 0 fully saturated rings. The Bertz CT molecular complexity index is 1270. The Morgan fingerprint density at radius 1 is 1.06 bits per heavy atom. The van der Waals surface area contributed by atoms with Crippen molar-refractivity contribution in [3.63, 3.8) is 0 Å². The summed E-state index contributed by atoms with van der Waals surface area (Å²) < 4.78 is 33.6. The van der Waals surface area contributed by atoms with Gasteiger partial charge in [-0.2, -0.15) is 0 Å². The van der Waals surface area contributed by atoms with Crippen LogP contribution in [0.3, 0.4) is 0 Å². The minimum atomic E-state index is -3.83. The lowest BCUT2D eigenvalue weighted by Gasteiger charge is -2.16. The van der Waals surface area contributed by atoms with Gasteiger partial charge in [0.25, 0.3) is 15.9 Å². The molecule has 1 aromatic heterocycles.